The van der Waals surface area contributed by atoms with Gasteiger partial charge in [0.2, 0.25) is 5.89 Å². The van der Waals surface area contributed by atoms with Crippen LogP contribution in [0.4, 0.5) is 4.79 Å². The van der Waals surface area contributed by atoms with Crippen LogP contribution < -0.4 is 5.32 Å². The standard InChI is InChI=1S/C13H24N4O2/c1-5-11(6-2)9-14-13(18)17(4)8-7-12-15-10(3)19-16-12/h11H,5-9H2,1-4H3,(H,14,18). The van der Waals surface area contributed by atoms with Gasteiger partial charge < -0.3 is 14.7 Å². The summed E-state index contributed by atoms with van der Waals surface area (Å²) < 4.78 is 4.89. The zero-order valence-corrected chi connectivity index (χ0v) is 12.3. The highest BCUT2D eigenvalue weighted by atomic mass is 16.5. The van der Waals surface area contributed by atoms with Crippen molar-refractivity contribution < 1.29 is 9.32 Å². The number of hydrogen-bond acceptors (Lipinski definition) is 4. The molecule has 6 nitrogen and oxygen atoms in total. The Labute approximate surface area is 114 Å². The Bertz CT molecular complexity index is 388. The summed E-state index contributed by atoms with van der Waals surface area (Å²) in [4.78, 5) is 17.6. The van der Waals surface area contributed by atoms with Crippen molar-refractivity contribution in [3.05, 3.63) is 11.7 Å². The number of rotatable bonds is 7. The molecule has 0 saturated heterocycles. The van der Waals surface area contributed by atoms with Crippen LogP contribution in [0, 0.1) is 12.8 Å². The molecule has 0 aliphatic carbocycles. The van der Waals surface area contributed by atoms with Crippen molar-refractivity contribution >= 4 is 6.03 Å². The first kappa shape index (κ1) is 15.5. The van der Waals surface area contributed by atoms with E-state index < -0.39 is 0 Å². The first-order chi connectivity index (χ1) is 9.06. The van der Waals surface area contributed by atoms with Crippen LogP contribution in [0.3, 0.4) is 0 Å². The van der Waals surface area contributed by atoms with Gasteiger partial charge in [0.25, 0.3) is 0 Å². The lowest BCUT2D eigenvalue weighted by Gasteiger charge is -2.19. The topological polar surface area (TPSA) is 71.3 Å². The molecule has 1 rings (SSSR count). The molecule has 0 fully saturated rings. The van der Waals surface area contributed by atoms with E-state index in [4.69, 9.17) is 4.52 Å². The molecule has 0 radical (unpaired) electrons. The summed E-state index contributed by atoms with van der Waals surface area (Å²) in [6, 6.07) is -0.0490. The van der Waals surface area contributed by atoms with Crippen LogP contribution in [-0.4, -0.2) is 41.2 Å². The summed E-state index contributed by atoms with van der Waals surface area (Å²) in [5, 5.41) is 6.75. The molecular weight excluding hydrogens is 244 g/mol. The van der Waals surface area contributed by atoms with Crippen molar-refractivity contribution in [1.82, 2.24) is 20.4 Å². The highest BCUT2D eigenvalue weighted by Crippen LogP contribution is 2.05. The largest absolute Gasteiger partial charge is 0.340 e. The Morgan fingerprint density at radius 1 is 1.42 bits per heavy atom. The molecule has 0 aromatic carbocycles. The van der Waals surface area contributed by atoms with E-state index in [9.17, 15) is 4.79 Å². The molecule has 1 heterocycles. The Kier molecular flexibility index (Phi) is 6.32. The summed E-state index contributed by atoms with van der Waals surface area (Å²) in [5.74, 6) is 1.74. The molecule has 2 amide bonds. The van der Waals surface area contributed by atoms with Crippen molar-refractivity contribution in [2.45, 2.75) is 40.0 Å². The van der Waals surface area contributed by atoms with E-state index in [1.54, 1.807) is 18.9 Å². The molecule has 0 aliphatic heterocycles. The van der Waals surface area contributed by atoms with Gasteiger partial charge in [0.1, 0.15) is 0 Å². The number of aromatic nitrogens is 2. The van der Waals surface area contributed by atoms with Gasteiger partial charge in [-0.15, -0.1) is 0 Å². The van der Waals surface area contributed by atoms with Crippen LogP contribution in [0.2, 0.25) is 0 Å². The van der Waals surface area contributed by atoms with Gasteiger partial charge in [-0.25, -0.2) is 4.79 Å². The van der Waals surface area contributed by atoms with Gasteiger partial charge in [-0.3, -0.25) is 0 Å². The third-order valence-electron chi connectivity index (χ3n) is 3.28. The molecular formula is C13H24N4O2. The van der Waals surface area contributed by atoms with Gasteiger partial charge in [0.15, 0.2) is 5.82 Å². The highest BCUT2D eigenvalue weighted by molar-refractivity contribution is 5.73. The van der Waals surface area contributed by atoms with Gasteiger partial charge >= 0.3 is 6.03 Å². The minimum absolute atomic E-state index is 0.0490. The second-order valence-electron chi connectivity index (χ2n) is 4.77. The predicted molar refractivity (Wildman–Crippen MR) is 72.8 cm³/mol. The van der Waals surface area contributed by atoms with Gasteiger partial charge in [-0.1, -0.05) is 31.8 Å². The minimum atomic E-state index is -0.0490. The Morgan fingerprint density at radius 2 is 2.11 bits per heavy atom. The number of likely N-dealkylation sites (N-methyl/N-ethyl adjacent to an activating group) is 1. The maximum atomic E-state index is 11.9. The van der Waals surface area contributed by atoms with E-state index in [0.29, 0.717) is 30.6 Å². The van der Waals surface area contributed by atoms with Crippen LogP contribution in [0.25, 0.3) is 0 Å². The van der Waals surface area contributed by atoms with Crippen molar-refractivity contribution in [2.75, 3.05) is 20.1 Å². The molecule has 0 spiro atoms. The molecule has 1 N–H and O–H groups in total. The smallest absolute Gasteiger partial charge is 0.317 e. The molecule has 19 heavy (non-hydrogen) atoms. The Hall–Kier alpha value is -1.59. The number of carbonyl (C=O) groups is 1. The van der Waals surface area contributed by atoms with Crippen molar-refractivity contribution in [1.29, 1.82) is 0 Å². The first-order valence-corrected chi connectivity index (χ1v) is 6.84. The molecule has 0 aliphatic rings. The first-order valence-electron chi connectivity index (χ1n) is 6.84. The number of nitrogens with zero attached hydrogens (tertiary/aromatic N) is 3. The van der Waals surface area contributed by atoms with Gasteiger partial charge in [0.05, 0.1) is 0 Å². The lowest BCUT2D eigenvalue weighted by Crippen LogP contribution is -2.40. The van der Waals surface area contributed by atoms with Crippen molar-refractivity contribution in [2.24, 2.45) is 5.92 Å². The average Bonchev–Trinajstić information content (AvgIpc) is 2.82. The van der Waals surface area contributed by atoms with Gasteiger partial charge in [0, 0.05) is 33.5 Å². The molecule has 0 bridgehead atoms. The third kappa shape index (κ3) is 5.28. The zero-order valence-electron chi connectivity index (χ0n) is 12.3. The molecule has 108 valence electrons. The lowest BCUT2D eigenvalue weighted by molar-refractivity contribution is 0.206. The number of hydrogen-bond donors (Lipinski definition) is 1. The zero-order chi connectivity index (χ0) is 14.3. The van der Waals surface area contributed by atoms with Crippen LogP contribution in [0.1, 0.15) is 38.4 Å². The van der Waals surface area contributed by atoms with E-state index >= 15 is 0 Å². The van der Waals surface area contributed by atoms with E-state index in [1.807, 2.05) is 0 Å². The molecule has 6 heteroatoms. The highest BCUT2D eigenvalue weighted by Gasteiger charge is 2.12. The van der Waals surface area contributed by atoms with Gasteiger partial charge in [-0.2, -0.15) is 4.98 Å². The maximum Gasteiger partial charge on any atom is 0.317 e. The average molecular weight is 268 g/mol. The summed E-state index contributed by atoms with van der Waals surface area (Å²) in [6.07, 6.45) is 2.78. The molecule has 0 saturated carbocycles. The van der Waals surface area contributed by atoms with E-state index in [2.05, 4.69) is 29.3 Å². The quantitative estimate of drug-likeness (QED) is 0.821. The number of amides is 2. The number of urea groups is 1. The maximum absolute atomic E-state index is 11.9. The lowest BCUT2D eigenvalue weighted by atomic mass is 10.0. The monoisotopic (exact) mass is 268 g/mol. The predicted octanol–water partition coefficient (Wildman–Crippen LogP) is 2.00. The van der Waals surface area contributed by atoms with Crippen molar-refractivity contribution in [3.63, 3.8) is 0 Å². The number of carbonyl (C=O) groups excluding carboxylic acids is 1. The summed E-state index contributed by atoms with van der Waals surface area (Å²) in [6.45, 7) is 7.35. The van der Waals surface area contributed by atoms with Gasteiger partial charge in [-0.05, 0) is 5.92 Å². The fourth-order valence-corrected chi connectivity index (χ4v) is 1.76. The molecule has 0 unspecified atom stereocenters. The van der Waals surface area contributed by atoms with Crippen LogP contribution in [-0.2, 0) is 6.42 Å². The van der Waals surface area contributed by atoms with Crippen LogP contribution in [0.15, 0.2) is 4.52 Å². The minimum Gasteiger partial charge on any atom is -0.340 e. The second-order valence-corrected chi connectivity index (χ2v) is 4.77. The van der Waals surface area contributed by atoms with Crippen LogP contribution in [0.5, 0.6) is 0 Å². The molecule has 1 aromatic heterocycles. The Morgan fingerprint density at radius 3 is 2.63 bits per heavy atom. The fraction of sp³-hybridized carbons (Fsp3) is 0.769. The second kappa shape index (κ2) is 7.76. The fourth-order valence-electron chi connectivity index (χ4n) is 1.76. The van der Waals surface area contributed by atoms with E-state index in [-0.39, 0.29) is 6.03 Å². The summed E-state index contributed by atoms with van der Waals surface area (Å²) in [5.41, 5.74) is 0. The SMILES string of the molecule is CCC(CC)CNC(=O)N(C)CCc1noc(C)n1. The number of nitrogens with one attached hydrogen (secondary N) is 1. The number of aryl methyl sites for hydroxylation is 1. The van der Waals surface area contributed by atoms with E-state index in [0.717, 1.165) is 19.4 Å². The summed E-state index contributed by atoms with van der Waals surface area (Å²) >= 11 is 0. The normalized spacial score (nSPS) is 10.8. The third-order valence-corrected chi connectivity index (χ3v) is 3.28. The molecule has 1 aromatic rings. The van der Waals surface area contributed by atoms with Crippen LogP contribution >= 0.6 is 0 Å². The van der Waals surface area contributed by atoms with E-state index in [1.165, 1.54) is 0 Å². The summed E-state index contributed by atoms with van der Waals surface area (Å²) in [7, 11) is 1.77. The Balaban J connectivity index is 2.28. The van der Waals surface area contributed by atoms with Crippen molar-refractivity contribution in [3.8, 4) is 0 Å². The molecule has 0 atom stereocenters.